The van der Waals surface area contributed by atoms with E-state index in [2.05, 4.69) is 52.5 Å². The molecule has 13 heavy (non-hydrogen) atoms. The molecule has 1 heteroatoms. The summed E-state index contributed by atoms with van der Waals surface area (Å²) in [6, 6.07) is 4.48. The van der Waals surface area contributed by atoms with Crippen LogP contribution in [0.15, 0.2) is 12.1 Å². The van der Waals surface area contributed by atoms with Gasteiger partial charge in [-0.15, -0.1) is 0 Å². The van der Waals surface area contributed by atoms with Crippen LogP contribution in [-0.4, -0.2) is 0 Å². The molecule has 0 bridgehead atoms. The predicted octanol–water partition coefficient (Wildman–Crippen LogP) is 3.99. The Kier molecular flexibility index (Phi) is 3.43. The van der Waals surface area contributed by atoms with Crippen molar-refractivity contribution in [2.24, 2.45) is 0 Å². The first-order valence-electron chi connectivity index (χ1n) is 4.82. The largest absolute Gasteiger partial charge is 0.171 e. The molecule has 1 atom stereocenters. The van der Waals surface area contributed by atoms with E-state index in [1.165, 1.54) is 22.3 Å². The molecular formula is C12H18S. The first-order chi connectivity index (χ1) is 6.06. The maximum Gasteiger partial charge on any atom is 0.0267 e. The summed E-state index contributed by atoms with van der Waals surface area (Å²) >= 11 is 4.58. The normalized spacial score (nSPS) is 13.0. The van der Waals surface area contributed by atoms with Gasteiger partial charge in [0.05, 0.1) is 0 Å². The minimum Gasteiger partial charge on any atom is -0.171 e. The van der Waals surface area contributed by atoms with Crippen LogP contribution in [0.25, 0.3) is 0 Å². The standard InChI is InChI=1S/C12H18S/c1-5-12(13)11-7-8(2)6-9(3)10(11)4/h6-7,12-13H,5H2,1-4H3/t12-/m1/s1. The Morgan fingerprint density at radius 3 is 2.38 bits per heavy atom. The van der Waals surface area contributed by atoms with Gasteiger partial charge in [-0.2, -0.15) is 12.6 Å². The number of aryl methyl sites for hydroxylation is 2. The molecule has 0 aliphatic carbocycles. The van der Waals surface area contributed by atoms with E-state index in [1.807, 2.05) is 0 Å². The van der Waals surface area contributed by atoms with Crippen molar-refractivity contribution in [3.05, 3.63) is 34.4 Å². The van der Waals surface area contributed by atoms with E-state index in [0.29, 0.717) is 5.25 Å². The number of hydrogen-bond acceptors (Lipinski definition) is 1. The van der Waals surface area contributed by atoms with Gasteiger partial charge in [0.2, 0.25) is 0 Å². The monoisotopic (exact) mass is 194 g/mol. The van der Waals surface area contributed by atoms with E-state index < -0.39 is 0 Å². The first kappa shape index (κ1) is 10.6. The van der Waals surface area contributed by atoms with Gasteiger partial charge in [0, 0.05) is 5.25 Å². The fourth-order valence-corrected chi connectivity index (χ4v) is 1.91. The Morgan fingerprint density at radius 2 is 1.85 bits per heavy atom. The minimum atomic E-state index is 0.388. The van der Waals surface area contributed by atoms with Crippen molar-refractivity contribution in [1.29, 1.82) is 0 Å². The van der Waals surface area contributed by atoms with Crippen molar-refractivity contribution < 1.29 is 0 Å². The zero-order chi connectivity index (χ0) is 10.0. The van der Waals surface area contributed by atoms with Crippen LogP contribution in [0.4, 0.5) is 0 Å². The topological polar surface area (TPSA) is 0 Å². The molecule has 0 saturated carbocycles. The highest BCUT2D eigenvalue weighted by molar-refractivity contribution is 7.80. The van der Waals surface area contributed by atoms with Gasteiger partial charge in [-0.25, -0.2) is 0 Å². The highest BCUT2D eigenvalue weighted by Crippen LogP contribution is 2.28. The molecule has 0 aromatic heterocycles. The predicted molar refractivity (Wildman–Crippen MR) is 62.7 cm³/mol. The summed E-state index contributed by atoms with van der Waals surface area (Å²) < 4.78 is 0. The highest BCUT2D eigenvalue weighted by Gasteiger charge is 2.08. The van der Waals surface area contributed by atoms with Gasteiger partial charge < -0.3 is 0 Å². The quantitative estimate of drug-likeness (QED) is 0.676. The molecule has 0 fully saturated rings. The van der Waals surface area contributed by atoms with Gasteiger partial charge in [-0.05, 0) is 43.9 Å². The zero-order valence-corrected chi connectivity index (χ0v) is 9.78. The molecule has 0 amide bonds. The third kappa shape index (κ3) is 2.28. The highest BCUT2D eigenvalue weighted by atomic mass is 32.1. The van der Waals surface area contributed by atoms with Crippen LogP contribution in [0.2, 0.25) is 0 Å². The smallest absolute Gasteiger partial charge is 0.0267 e. The van der Waals surface area contributed by atoms with Crippen LogP contribution in [0, 0.1) is 20.8 Å². The van der Waals surface area contributed by atoms with Crippen LogP contribution in [-0.2, 0) is 0 Å². The minimum absolute atomic E-state index is 0.388. The van der Waals surface area contributed by atoms with Gasteiger partial charge in [0.25, 0.3) is 0 Å². The molecule has 1 aromatic rings. The van der Waals surface area contributed by atoms with Crippen molar-refractivity contribution in [2.45, 2.75) is 39.4 Å². The van der Waals surface area contributed by atoms with Crippen LogP contribution >= 0.6 is 12.6 Å². The molecule has 0 aliphatic rings. The van der Waals surface area contributed by atoms with E-state index in [0.717, 1.165) is 6.42 Å². The first-order valence-corrected chi connectivity index (χ1v) is 5.33. The van der Waals surface area contributed by atoms with Crippen molar-refractivity contribution >= 4 is 12.6 Å². The molecule has 0 radical (unpaired) electrons. The molecule has 0 N–H and O–H groups in total. The molecule has 72 valence electrons. The number of hydrogen-bond donors (Lipinski definition) is 1. The fourth-order valence-electron chi connectivity index (χ4n) is 1.64. The van der Waals surface area contributed by atoms with Crippen LogP contribution in [0.3, 0.4) is 0 Å². The lowest BCUT2D eigenvalue weighted by Crippen LogP contribution is -1.96. The zero-order valence-electron chi connectivity index (χ0n) is 8.89. The Morgan fingerprint density at radius 1 is 1.23 bits per heavy atom. The summed E-state index contributed by atoms with van der Waals surface area (Å²) in [6.45, 7) is 8.67. The van der Waals surface area contributed by atoms with E-state index in [4.69, 9.17) is 0 Å². The van der Waals surface area contributed by atoms with Crippen molar-refractivity contribution in [2.75, 3.05) is 0 Å². The summed E-state index contributed by atoms with van der Waals surface area (Å²) in [5, 5.41) is 0.388. The molecule has 0 spiro atoms. The summed E-state index contributed by atoms with van der Waals surface area (Å²) in [6.07, 6.45) is 1.09. The summed E-state index contributed by atoms with van der Waals surface area (Å²) in [4.78, 5) is 0. The van der Waals surface area contributed by atoms with Gasteiger partial charge in [0.1, 0.15) is 0 Å². The van der Waals surface area contributed by atoms with Gasteiger partial charge in [-0.3, -0.25) is 0 Å². The van der Waals surface area contributed by atoms with Gasteiger partial charge >= 0.3 is 0 Å². The summed E-state index contributed by atoms with van der Waals surface area (Å²) in [7, 11) is 0. The number of thiol groups is 1. The average molecular weight is 194 g/mol. The van der Waals surface area contributed by atoms with E-state index in [1.54, 1.807) is 0 Å². The lowest BCUT2D eigenvalue weighted by Gasteiger charge is -2.14. The second-order valence-corrected chi connectivity index (χ2v) is 4.34. The molecular weight excluding hydrogens is 176 g/mol. The Balaban J connectivity index is 3.20. The Labute approximate surface area is 86.8 Å². The Bertz CT molecular complexity index is 302. The second-order valence-electron chi connectivity index (χ2n) is 3.72. The maximum absolute atomic E-state index is 4.58. The van der Waals surface area contributed by atoms with Gasteiger partial charge in [-0.1, -0.05) is 24.6 Å². The number of rotatable bonds is 2. The summed E-state index contributed by atoms with van der Waals surface area (Å²) in [5.41, 5.74) is 5.50. The molecule has 0 saturated heterocycles. The molecule has 0 unspecified atom stereocenters. The Hall–Kier alpha value is -0.430. The molecule has 1 aromatic carbocycles. The molecule has 1 rings (SSSR count). The molecule has 0 aliphatic heterocycles. The average Bonchev–Trinajstić information content (AvgIpc) is 2.10. The van der Waals surface area contributed by atoms with Crippen molar-refractivity contribution in [3.63, 3.8) is 0 Å². The SMILES string of the molecule is CC[C@@H](S)c1cc(C)cc(C)c1C. The summed E-state index contributed by atoms with van der Waals surface area (Å²) in [5.74, 6) is 0. The van der Waals surface area contributed by atoms with Crippen LogP contribution in [0.5, 0.6) is 0 Å². The van der Waals surface area contributed by atoms with E-state index in [9.17, 15) is 0 Å². The lowest BCUT2D eigenvalue weighted by atomic mass is 9.97. The fraction of sp³-hybridized carbons (Fsp3) is 0.500. The van der Waals surface area contributed by atoms with E-state index in [-0.39, 0.29) is 0 Å². The molecule has 0 heterocycles. The van der Waals surface area contributed by atoms with E-state index >= 15 is 0 Å². The van der Waals surface area contributed by atoms with Crippen LogP contribution in [0.1, 0.15) is 40.8 Å². The third-order valence-electron chi connectivity index (χ3n) is 2.60. The van der Waals surface area contributed by atoms with Crippen LogP contribution < -0.4 is 0 Å². The lowest BCUT2D eigenvalue weighted by molar-refractivity contribution is 0.889. The van der Waals surface area contributed by atoms with Crippen molar-refractivity contribution in [1.82, 2.24) is 0 Å². The van der Waals surface area contributed by atoms with Gasteiger partial charge in [0.15, 0.2) is 0 Å². The number of benzene rings is 1. The second kappa shape index (κ2) is 4.19. The maximum atomic E-state index is 4.58. The van der Waals surface area contributed by atoms with Crippen molar-refractivity contribution in [3.8, 4) is 0 Å². The molecule has 0 nitrogen and oxygen atoms in total. The third-order valence-corrected chi connectivity index (χ3v) is 3.24.